The van der Waals surface area contributed by atoms with E-state index in [0.717, 1.165) is 58.0 Å². The molecule has 3 rings (SSSR count). The van der Waals surface area contributed by atoms with E-state index in [4.69, 9.17) is 0 Å². The molecule has 1 saturated heterocycles. The normalized spacial score (nSPS) is 20.7. The van der Waals surface area contributed by atoms with Crippen molar-refractivity contribution in [3.63, 3.8) is 0 Å². The van der Waals surface area contributed by atoms with Crippen LogP contribution in [0.4, 0.5) is 0 Å². The number of nitrogens with zero attached hydrogens (tertiary/aromatic N) is 2. The number of hydrogen-bond acceptors (Lipinski definition) is 4. The first-order valence-electron chi connectivity index (χ1n) is 10.0. The number of sulfonamides is 1. The summed E-state index contributed by atoms with van der Waals surface area (Å²) in [6.45, 7) is 1.83. The Hall–Kier alpha value is -1.44. The maximum atomic E-state index is 13.2. The lowest BCUT2D eigenvalue weighted by Gasteiger charge is -2.34. The van der Waals surface area contributed by atoms with Crippen molar-refractivity contribution in [2.24, 2.45) is 0 Å². The summed E-state index contributed by atoms with van der Waals surface area (Å²) in [6, 6.07) is 8.53. The number of carbonyl (C=O) groups excluding carboxylic acids is 1. The van der Waals surface area contributed by atoms with Crippen LogP contribution in [0.3, 0.4) is 0 Å². The van der Waals surface area contributed by atoms with Gasteiger partial charge in [-0.1, -0.05) is 37.5 Å². The molecule has 1 aromatic rings. The maximum Gasteiger partial charge on any atom is 0.243 e. The molecule has 1 aliphatic heterocycles. The third-order valence-corrected chi connectivity index (χ3v) is 7.63. The molecule has 0 bridgehead atoms. The van der Waals surface area contributed by atoms with E-state index in [1.807, 2.05) is 0 Å². The van der Waals surface area contributed by atoms with Gasteiger partial charge in [0, 0.05) is 12.1 Å². The highest BCUT2D eigenvalue weighted by Crippen LogP contribution is 2.27. The van der Waals surface area contributed by atoms with Gasteiger partial charge in [0.2, 0.25) is 15.9 Å². The van der Waals surface area contributed by atoms with E-state index >= 15 is 0 Å². The minimum atomic E-state index is -3.68. The van der Waals surface area contributed by atoms with E-state index in [-0.39, 0.29) is 29.4 Å². The zero-order chi connectivity index (χ0) is 19.3. The number of carbonyl (C=O) groups is 1. The van der Waals surface area contributed by atoms with E-state index in [0.29, 0.717) is 0 Å². The van der Waals surface area contributed by atoms with Crippen molar-refractivity contribution in [2.75, 3.05) is 26.7 Å². The predicted molar refractivity (Wildman–Crippen MR) is 106 cm³/mol. The van der Waals surface area contributed by atoms with Gasteiger partial charge in [0.05, 0.1) is 11.4 Å². The van der Waals surface area contributed by atoms with E-state index < -0.39 is 10.0 Å². The Balaban J connectivity index is 1.73. The number of piperidine rings is 1. The number of amides is 1. The Labute approximate surface area is 163 Å². The van der Waals surface area contributed by atoms with Gasteiger partial charge in [-0.15, -0.1) is 0 Å². The van der Waals surface area contributed by atoms with Crippen LogP contribution in [0.1, 0.15) is 44.9 Å². The van der Waals surface area contributed by atoms with Gasteiger partial charge in [0.25, 0.3) is 0 Å². The highest BCUT2D eigenvalue weighted by Gasteiger charge is 2.34. The van der Waals surface area contributed by atoms with Crippen molar-refractivity contribution in [1.29, 1.82) is 0 Å². The fraction of sp³-hybridized carbons (Fsp3) is 0.650. The van der Waals surface area contributed by atoms with Crippen molar-refractivity contribution in [3.8, 4) is 0 Å². The van der Waals surface area contributed by atoms with Crippen molar-refractivity contribution in [1.82, 2.24) is 14.5 Å². The molecule has 0 aromatic heterocycles. The van der Waals surface area contributed by atoms with Gasteiger partial charge in [-0.2, -0.15) is 4.31 Å². The molecule has 6 nitrogen and oxygen atoms in total. The predicted octanol–water partition coefficient (Wildman–Crippen LogP) is 2.22. The lowest BCUT2D eigenvalue weighted by atomic mass is 9.95. The largest absolute Gasteiger partial charge is 0.352 e. The fourth-order valence-electron chi connectivity index (χ4n) is 4.07. The average Bonchev–Trinajstić information content (AvgIpc) is 2.69. The third kappa shape index (κ3) is 5.30. The minimum Gasteiger partial charge on any atom is -0.352 e. The maximum absolute atomic E-state index is 13.2. The second kappa shape index (κ2) is 9.17. The Morgan fingerprint density at radius 3 is 2.33 bits per heavy atom. The summed E-state index contributed by atoms with van der Waals surface area (Å²) < 4.78 is 27.9. The van der Waals surface area contributed by atoms with Gasteiger partial charge in [-0.05, 0) is 58.0 Å². The molecule has 0 radical (unpaired) electrons. The first-order valence-corrected chi connectivity index (χ1v) is 11.5. The molecular formula is C20H31N3O3S. The zero-order valence-corrected chi connectivity index (χ0v) is 17.0. The van der Waals surface area contributed by atoms with Gasteiger partial charge in [0.1, 0.15) is 0 Å². The number of likely N-dealkylation sites (tertiary alicyclic amines) is 1. The molecule has 150 valence electrons. The lowest BCUT2D eigenvalue weighted by molar-refractivity contribution is -0.122. The SMILES string of the molecule is CN1CCC(NC(=O)CN(C2CCCCC2)S(=O)(=O)c2ccccc2)CC1. The van der Waals surface area contributed by atoms with E-state index in [1.54, 1.807) is 30.3 Å². The molecule has 1 amide bonds. The van der Waals surface area contributed by atoms with Gasteiger partial charge < -0.3 is 10.2 Å². The molecular weight excluding hydrogens is 362 g/mol. The molecule has 1 aliphatic carbocycles. The molecule has 1 aromatic carbocycles. The number of hydrogen-bond donors (Lipinski definition) is 1. The summed E-state index contributed by atoms with van der Waals surface area (Å²) in [7, 11) is -1.60. The first-order chi connectivity index (χ1) is 13.0. The highest BCUT2D eigenvalue weighted by molar-refractivity contribution is 7.89. The first kappa shape index (κ1) is 20.3. The summed E-state index contributed by atoms with van der Waals surface area (Å²) in [5.41, 5.74) is 0. The number of benzene rings is 1. The summed E-state index contributed by atoms with van der Waals surface area (Å²) in [5.74, 6) is -0.186. The molecule has 2 aliphatic rings. The van der Waals surface area contributed by atoms with E-state index in [9.17, 15) is 13.2 Å². The van der Waals surface area contributed by atoms with Crippen molar-refractivity contribution >= 4 is 15.9 Å². The van der Waals surface area contributed by atoms with Crippen LogP contribution < -0.4 is 5.32 Å². The summed E-state index contributed by atoms with van der Waals surface area (Å²) in [4.78, 5) is 15.2. The van der Waals surface area contributed by atoms with Crippen LogP contribution in [0.5, 0.6) is 0 Å². The Morgan fingerprint density at radius 2 is 1.70 bits per heavy atom. The smallest absolute Gasteiger partial charge is 0.243 e. The Morgan fingerprint density at radius 1 is 1.07 bits per heavy atom. The third-order valence-electron chi connectivity index (χ3n) is 5.71. The van der Waals surface area contributed by atoms with Crippen molar-refractivity contribution in [2.45, 2.75) is 61.9 Å². The second-order valence-corrected chi connectivity index (χ2v) is 9.69. The average molecular weight is 394 g/mol. The standard InChI is InChI=1S/C20H31N3O3S/c1-22-14-12-17(13-15-22)21-20(24)16-23(18-8-4-2-5-9-18)27(25,26)19-10-6-3-7-11-19/h3,6-7,10-11,17-18H,2,4-5,8-9,12-16H2,1H3,(H,21,24). The second-order valence-electron chi connectivity index (χ2n) is 7.80. The van der Waals surface area contributed by atoms with Gasteiger partial charge in [-0.25, -0.2) is 8.42 Å². The molecule has 0 spiro atoms. The topological polar surface area (TPSA) is 69.7 Å². The summed E-state index contributed by atoms with van der Waals surface area (Å²) in [6.07, 6.45) is 6.65. The molecule has 7 heteroatoms. The zero-order valence-electron chi connectivity index (χ0n) is 16.1. The van der Waals surface area contributed by atoms with Crippen molar-refractivity contribution in [3.05, 3.63) is 30.3 Å². The number of nitrogens with one attached hydrogen (secondary N) is 1. The molecule has 0 unspecified atom stereocenters. The van der Waals surface area contributed by atoms with Gasteiger partial charge in [-0.3, -0.25) is 4.79 Å². The van der Waals surface area contributed by atoms with Crippen LogP contribution in [0.15, 0.2) is 35.2 Å². The van der Waals surface area contributed by atoms with Crippen LogP contribution in [0, 0.1) is 0 Å². The molecule has 1 heterocycles. The molecule has 27 heavy (non-hydrogen) atoms. The van der Waals surface area contributed by atoms with Gasteiger partial charge in [0.15, 0.2) is 0 Å². The Bertz CT molecular complexity index is 709. The van der Waals surface area contributed by atoms with Gasteiger partial charge >= 0.3 is 0 Å². The fourth-order valence-corrected chi connectivity index (χ4v) is 5.74. The van der Waals surface area contributed by atoms with Crippen LogP contribution in [0.25, 0.3) is 0 Å². The van der Waals surface area contributed by atoms with E-state index in [2.05, 4.69) is 17.3 Å². The van der Waals surface area contributed by atoms with Crippen LogP contribution >= 0.6 is 0 Å². The van der Waals surface area contributed by atoms with Crippen LogP contribution in [-0.4, -0.2) is 62.3 Å². The summed E-state index contributed by atoms with van der Waals surface area (Å²) in [5, 5.41) is 3.06. The van der Waals surface area contributed by atoms with Crippen molar-refractivity contribution < 1.29 is 13.2 Å². The quantitative estimate of drug-likeness (QED) is 0.805. The van der Waals surface area contributed by atoms with Crippen LogP contribution in [-0.2, 0) is 14.8 Å². The summed E-state index contributed by atoms with van der Waals surface area (Å²) >= 11 is 0. The molecule has 1 saturated carbocycles. The van der Waals surface area contributed by atoms with E-state index in [1.165, 1.54) is 4.31 Å². The minimum absolute atomic E-state index is 0.0891. The lowest BCUT2D eigenvalue weighted by Crippen LogP contribution is -2.50. The molecule has 2 fully saturated rings. The number of rotatable bonds is 6. The monoisotopic (exact) mass is 393 g/mol. The van der Waals surface area contributed by atoms with Crippen LogP contribution in [0.2, 0.25) is 0 Å². The Kier molecular flexibility index (Phi) is 6.89. The molecule has 1 N–H and O–H groups in total. The highest BCUT2D eigenvalue weighted by atomic mass is 32.2. The molecule has 0 atom stereocenters.